The van der Waals surface area contributed by atoms with Crippen molar-refractivity contribution in [2.45, 2.75) is 0 Å². The molecule has 0 radical (unpaired) electrons. The van der Waals surface area contributed by atoms with Gasteiger partial charge in [-0.1, -0.05) is 36.4 Å². The molecular weight excluding hydrogens is 268 g/mol. The van der Waals surface area contributed by atoms with Crippen LogP contribution in [0.5, 0.6) is 0 Å². The van der Waals surface area contributed by atoms with Crippen molar-refractivity contribution in [3.63, 3.8) is 0 Å². The number of benzene rings is 2. The van der Waals surface area contributed by atoms with E-state index >= 15 is 0 Å². The van der Waals surface area contributed by atoms with Gasteiger partial charge in [0.1, 0.15) is 0 Å². The zero-order valence-electron chi connectivity index (χ0n) is 10.9. The van der Waals surface area contributed by atoms with Crippen molar-refractivity contribution in [1.82, 2.24) is 15.0 Å². The SMILES string of the molecule is Nc1nc(N)nc(NC(=O)c2cccc3ccccc23)n1. The van der Waals surface area contributed by atoms with Crippen LogP contribution in [0.4, 0.5) is 17.8 Å². The lowest BCUT2D eigenvalue weighted by Gasteiger charge is -2.07. The van der Waals surface area contributed by atoms with Gasteiger partial charge in [0.2, 0.25) is 17.8 Å². The lowest BCUT2D eigenvalue weighted by molar-refractivity contribution is 0.102. The third kappa shape index (κ3) is 2.57. The van der Waals surface area contributed by atoms with Gasteiger partial charge in [-0.25, -0.2) is 0 Å². The smallest absolute Gasteiger partial charge is 0.258 e. The number of anilines is 3. The van der Waals surface area contributed by atoms with Crippen LogP contribution in [0, 0.1) is 0 Å². The molecule has 0 aliphatic heterocycles. The van der Waals surface area contributed by atoms with E-state index in [2.05, 4.69) is 20.3 Å². The average Bonchev–Trinajstić information content (AvgIpc) is 2.45. The number of nitrogens with one attached hydrogen (secondary N) is 1. The monoisotopic (exact) mass is 280 g/mol. The van der Waals surface area contributed by atoms with Gasteiger partial charge in [-0.15, -0.1) is 0 Å². The van der Waals surface area contributed by atoms with Gasteiger partial charge >= 0.3 is 0 Å². The van der Waals surface area contributed by atoms with Crippen molar-refractivity contribution in [3.8, 4) is 0 Å². The van der Waals surface area contributed by atoms with Crippen molar-refractivity contribution in [3.05, 3.63) is 48.0 Å². The van der Waals surface area contributed by atoms with Crippen molar-refractivity contribution in [2.24, 2.45) is 0 Å². The molecule has 1 aromatic heterocycles. The third-order valence-corrected chi connectivity index (χ3v) is 2.93. The van der Waals surface area contributed by atoms with Crippen LogP contribution in [0.1, 0.15) is 10.4 Å². The highest BCUT2D eigenvalue weighted by molar-refractivity contribution is 6.12. The molecule has 0 unspecified atom stereocenters. The molecule has 0 bridgehead atoms. The van der Waals surface area contributed by atoms with E-state index in [9.17, 15) is 4.79 Å². The van der Waals surface area contributed by atoms with Crippen molar-refractivity contribution in [2.75, 3.05) is 16.8 Å². The highest BCUT2D eigenvalue weighted by atomic mass is 16.1. The van der Waals surface area contributed by atoms with Crippen LogP contribution in [0.25, 0.3) is 10.8 Å². The fraction of sp³-hybridized carbons (Fsp3) is 0. The minimum Gasteiger partial charge on any atom is -0.368 e. The van der Waals surface area contributed by atoms with Gasteiger partial charge in [-0.05, 0) is 16.8 Å². The minimum absolute atomic E-state index is 0.0259. The van der Waals surface area contributed by atoms with Crippen LogP contribution >= 0.6 is 0 Å². The third-order valence-electron chi connectivity index (χ3n) is 2.93. The Morgan fingerprint density at radius 3 is 2.33 bits per heavy atom. The molecule has 21 heavy (non-hydrogen) atoms. The van der Waals surface area contributed by atoms with Crippen LogP contribution < -0.4 is 16.8 Å². The summed E-state index contributed by atoms with van der Waals surface area (Å²) in [4.78, 5) is 23.7. The van der Waals surface area contributed by atoms with E-state index in [1.54, 1.807) is 6.07 Å². The van der Waals surface area contributed by atoms with E-state index in [0.717, 1.165) is 10.8 Å². The Morgan fingerprint density at radius 1 is 0.905 bits per heavy atom. The summed E-state index contributed by atoms with van der Waals surface area (Å²) in [6.45, 7) is 0. The van der Waals surface area contributed by atoms with Gasteiger partial charge < -0.3 is 11.5 Å². The maximum Gasteiger partial charge on any atom is 0.258 e. The Morgan fingerprint density at radius 2 is 1.57 bits per heavy atom. The summed E-state index contributed by atoms with van der Waals surface area (Å²) >= 11 is 0. The first kappa shape index (κ1) is 12.8. The average molecular weight is 280 g/mol. The van der Waals surface area contributed by atoms with Gasteiger partial charge in [0.15, 0.2) is 0 Å². The van der Waals surface area contributed by atoms with Gasteiger partial charge in [-0.3, -0.25) is 10.1 Å². The summed E-state index contributed by atoms with van der Waals surface area (Å²) in [5.74, 6) is -0.402. The standard InChI is InChI=1S/C14H12N6O/c15-12-18-13(16)20-14(19-12)17-11(21)10-7-3-5-8-4-1-2-6-9(8)10/h1-7H,(H5,15,16,17,18,19,20,21). The second-order valence-corrected chi connectivity index (χ2v) is 4.36. The minimum atomic E-state index is -0.336. The van der Waals surface area contributed by atoms with Crippen LogP contribution in [0.2, 0.25) is 0 Å². The number of fused-ring (bicyclic) bond motifs is 1. The number of carbonyl (C=O) groups excluding carboxylic acids is 1. The molecule has 0 atom stereocenters. The molecule has 0 saturated heterocycles. The summed E-state index contributed by atoms with van der Waals surface area (Å²) in [5, 5.41) is 4.38. The van der Waals surface area contributed by atoms with E-state index in [1.807, 2.05) is 36.4 Å². The molecule has 5 N–H and O–H groups in total. The number of rotatable bonds is 2. The number of nitrogens with zero attached hydrogens (tertiary/aromatic N) is 3. The molecule has 3 rings (SSSR count). The molecule has 1 amide bonds. The lowest BCUT2D eigenvalue weighted by atomic mass is 10.0. The topological polar surface area (TPSA) is 120 Å². The molecule has 0 aliphatic rings. The molecule has 2 aromatic carbocycles. The van der Waals surface area contributed by atoms with Crippen molar-refractivity contribution >= 4 is 34.5 Å². The largest absolute Gasteiger partial charge is 0.368 e. The van der Waals surface area contributed by atoms with Gasteiger partial charge in [0.05, 0.1) is 0 Å². The Kier molecular flexibility index (Phi) is 3.07. The Labute approximate surface area is 120 Å². The zero-order valence-corrected chi connectivity index (χ0v) is 10.9. The maximum atomic E-state index is 12.4. The summed E-state index contributed by atoms with van der Waals surface area (Å²) in [6, 6.07) is 13.1. The van der Waals surface area contributed by atoms with Crippen molar-refractivity contribution in [1.29, 1.82) is 0 Å². The summed E-state index contributed by atoms with van der Waals surface area (Å²) < 4.78 is 0. The number of hydrogen-bond donors (Lipinski definition) is 3. The van der Waals surface area contributed by atoms with E-state index in [4.69, 9.17) is 11.5 Å². The molecule has 1 heterocycles. The van der Waals surface area contributed by atoms with Gasteiger partial charge in [-0.2, -0.15) is 15.0 Å². The Balaban J connectivity index is 1.97. The molecule has 0 spiro atoms. The Bertz CT molecular complexity index is 807. The number of nitrogen functional groups attached to an aromatic ring is 2. The first-order chi connectivity index (χ1) is 10.1. The van der Waals surface area contributed by atoms with E-state index in [0.29, 0.717) is 5.56 Å². The van der Waals surface area contributed by atoms with E-state index in [1.165, 1.54) is 0 Å². The van der Waals surface area contributed by atoms with Gasteiger partial charge in [0, 0.05) is 5.56 Å². The number of carbonyl (C=O) groups is 1. The normalized spacial score (nSPS) is 10.5. The fourth-order valence-electron chi connectivity index (χ4n) is 2.06. The molecule has 0 fully saturated rings. The molecule has 0 aliphatic carbocycles. The maximum absolute atomic E-state index is 12.4. The first-order valence-corrected chi connectivity index (χ1v) is 6.19. The molecule has 7 nitrogen and oxygen atoms in total. The quantitative estimate of drug-likeness (QED) is 0.653. The van der Waals surface area contributed by atoms with Crippen LogP contribution in [-0.2, 0) is 0 Å². The number of aromatic nitrogens is 3. The zero-order chi connectivity index (χ0) is 14.8. The summed E-state index contributed by atoms with van der Waals surface area (Å²) in [6.07, 6.45) is 0. The number of nitrogens with two attached hydrogens (primary N) is 2. The molecular formula is C14H12N6O. The highest BCUT2D eigenvalue weighted by Crippen LogP contribution is 2.19. The second-order valence-electron chi connectivity index (χ2n) is 4.36. The molecule has 104 valence electrons. The van der Waals surface area contributed by atoms with E-state index < -0.39 is 0 Å². The highest BCUT2D eigenvalue weighted by Gasteiger charge is 2.12. The molecule has 0 saturated carbocycles. The predicted octanol–water partition coefficient (Wildman–Crippen LogP) is 1.44. The van der Waals surface area contributed by atoms with Crippen LogP contribution in [0.15, 0.2) is 42.5 Å². The first-order valence-electron chi connectivity index (χ1n) is 6.19. The number of amides is 1. The second kappa shape index (κ2) is 5.04. The predicted molar refractivity (Wildman–Crippen MR) is 80.6 cm³/mol. The summed E-state index contributed by atoms with van der Waals surface area (Å²) in [7, 11) is 0. The number of hydrogen-bond acceptors (Lipinski definition) is 6. The molecule has 3 aromatic rings. The summed E-state index contributed by atoms with van der Waals surface area (Å²) in [5.41, 5.74) is 11.5. The van der Waals surface area contributed by atoms with Crippen LogP contribution in [-0.4, -0.2) is 20.9 Å². The fourth-order valence-corrected chi connectivity index (χ4v) is 2.06. The van der Waals surface area contributed by atoms with E-state index in [-0.39, 0.29) is 23.8 Å². The molecule has 7 heteroatoms. The lowest BCUT2D eigenvalue weighted by Crippen LogP contribution is -2.16. The van der Waals surface area contributed by atoms with Crippen molar-refractivity contribution < 1.29 is 4.79 Å². The van der Waals surface area contributed by atoms with Gasteiger partial charge in [0.25, 0.3) is 5.91 Å². The van der Waals surface area contributed by atoms with Crippen LogP contribution in [0.3, 0.4) is 0 Å². The Hall–Kier alpha value is -3.22.